The minimum Gasteiger partial charge on any atom is -0.365 e. The summed E-state index contributed by atoms with van der Waals surface area (Å²) >= 11 is 3.43. The average Bonchev–Trinajstić information content (AvgIpc) is 2.96. The lowest BCUT2D eigenvalue weighted by Gasteiger charge is -2.16. The molecule has 0 aliphatic heterocycles. The van der Waals surface area contributed by atoms with Crippen LogP contribution in [0.1, 0.15) is 19.3 Å². The summed E-state index contributed by atoms with van der Waals surface area (Å²) in [7, 11) is 1.84. The molecule has 19 heavy (non-hydrogen) atoms. The van der Waals surface area contributed by atoms with Gasteiger partial charge in [0.25, 0.3) is 0 Å². The molecule has 1 aliphatic carbocycles. The second kappa shape index (κ2) is 4.78. The lowest BCUT2D eigenvalue weighted by molar-refractivity contribution is 0.628. The van der Waals surface area contributed by atoms with Gasteiger partial charge in [-0.3, -0.25) is 0 Å². The molecule has 0 aromatic carbocycles. The smallest absolute Gasteiger partial charge is 0.164 e. The van der Waals surface area contributed by atoms with Crippen LogP contribution in [0.2, 0.25) is 0 Å². The highest BCUT2D eigenvalue weighted by molar-refractivity contribution is 9.10. The van der Waals surface area contributed by atoms with E-state index in [2.05, 4.69) is 42.4 Å². The van der Waals surface area contributed by atoms with E-state index in [1.54, 1.807) is 4.68 Å². The molecule has 2 heterocycles. The van der Waals surface area contributed by atoms with Crippen molar-refractivity contribution in [3.05, 3.63) is 10.9 Å². The zero-order valence-corrected chi connectivity index (χ0v) is 12.1. The molecule has 1 saturated carbocycles. The zero-order chi connectivity index (χ0) is 13.4. The van der Waals surface area contributed by atoms with Gasteiger partial charge in [-0.2, -0.15) is 10.4 Å². The first-order valence-electron chi connectivity index (χ1n) is 6.20. The molecule has 0 amide bonds. The highest BCUT2D eigenvalue weighted by Crippen LogP contribution is 2.31. The van der Waals surface area contributed by atoms with Crippen molar-refractivity contribution >= 4 is 32.8 Å². The van der Waals surface area contributed by atoms with E-state index in [0.717, 1.165) is 40.7 Å². The van der Waals surface area contributed by atoms with Crippen LogP contribution < -0.4 is 5.32 Å². The Morgan fingerprint density at radius 3 is 3.11 bits per heavy atom. The van der Waals surface area contributed by atoms with Crippen LogP contribution in [0.5, 0.6) is 0 Å². The van der Waals surface area contributed by atoms with Crippen molar-refractivity contribution in [3.8, 4) is 6.07 Å². The SMILES string of the molecule is Cn1nc(Br)c2c(N[C@@H]3CCC[C@@H]3C#N)ncnc21. The van der Waals surface area contributed by atoms with Crippen molar-refractivity contribution in [2.75, 3.05) is 5.32 Å². The molecule has 0 unspecified atom stereocenters. The normalized spacial score (nSPS) is 22.6. The Bertz CT molecular complexity index is 658. The molecule has 0 bridgehead atoms. The summed E-state index contributed by atoms with van der Waals surface area (Å²) in [5.41, 5.74) is 0.774. The number of fused-ring (bicyclic) bond motifs is 1. The third kappa shape index (κ3) is 2.06. The van der Waals surface area contributed by atoms with E-state index in [9.17, 15) is 0 Å². The second-order valence-electron chi connectivity index (χ2n) is 4.75. The summed E-state index contributed by atoms with van der Waals surface area (Å²) in [5.74, 6) is 0.803. The summed E-state index contributed by atoms with van der Waals surface area (Å²) < 4.78 is 2.43. The number of rotatable bonds is 2. The van der Waals surface area contributed by atoms with Gasteiger partial charge in [-0.05, 0) is 35.2 Å². The first-order valence-corrected chi connectivity index (χ1v) is 6.99. The Morgan fingerprint density at radius 1 is 1.47 bits per heavy atom. The van der Waals surface area contributed by atoms with Crippen LogP contribution in [0, 0.1) is 17.2 Å². The number of nitrogens with zero attached hydrogens (tertiary/aromatic N) is 5. The number of nitrogens with one attached hydrogen (secondary N) is 1. The lowest BCUT2D eigenvalue weighted by Crippen LogP contribution is -2.23. The number of hydrogen-bond donors (Lipinski definition) is 1. The highest BCUT2D eigenvalue weighted by atomic mass is 79.9. The molecule has 0 radical (unpaired) electrons. The topological polar surface area (TPSA) is 79.4 Å². The molecule has 6 nitrogen and oxygen atoms in total. The van der Waals surface area contributed by atoms with E-state index in [1.807, 2.05) is 7.05 Å². The maximum absolute atomic E-state index is 9.14. The standard InChI is InChI=1S/C12H13BrN6/c1-19-12-9(10(13)18-19)11(15-6-16-12)17-8-4-2-3-7(8)5-14/h6-8H,2-4H2,1H3,(H,15,16,17)/t7-,8-/m1/s1. The van der Waals surface area contributed by atoms with Gasteiger partial charge in [-0.15, -0.1) is 0 Å². The fourth-order valence-electron chi connectivity index (χ4n) is 2.61. The molecule has 7 heteroatoms. The van der Waals surface area contributed by atoms with Crippen LogP contribution in [0.4, 0.5) is 5.82 Å². The summed E-state index contributed by atoms with van der Waals surface area (Å²) in [4.78, 5) is 8.53. The molecule has 2 aromatic heterocycles. The third-order valence-electron chi connectivity index (χ3n) is 3.58. The Balaban J connectivity index is 1.99. The van der Waals surface area contributed by atoms with Crippen LogP contribution >= 0.6 is 15.9 Å². The molecular formula is C12H13BrN6. The van der Waals surface area contributed by atoms with E-state index in [-0.39, 0.29) is 12.0 Å². The molecule has 2 atom stereocenters. The van der Waals surface area contributed by atoms with Crippen molar-refractivity contribution in [3.63, 3.8) is 0 Å². The van der Waals surface area contributed by atoms with Crippen molar-refractivity contribution in [1.29, 1.82) is 5.26 Å². The number of aryl methyl sites for hydroxylation is 1. The Hall–Kier alpha value is -1.68. The quantitative estimate of drug-likeness (QED) is 0.917. The predicted octanol–water partition coefficient (Wildman–Crippen LogP) is 2.23. The van der Waals surface area contributed by atoms with Crippen molar-refractivity contribution in [1.82, 2.24) is 19.7 Å². The number of anilines is 1. The molecule has 1 aliphatic rings. The first-order chi connectivity index (χ1) is 9.20. The molecule has 2 aromatic rings. The molecular weight excluding hydrogens is 308 g/mol. The molecule has 1 fully saturated rings. The van der Waals surface area contributed by atoms with Gasteiger partial charge < -0.3 is 5.32 Å². The predicted molar refractivity (Wildman–Crippen MR) is 74.4 cm³/mol. The second-order valence-corrected chi connectivity index (χ2v) is 5.50. The summed E-state index contributed by atoms with van der Waals surface area (Å²) in [5, 5.41) is 17.7. The summed E-state index contributed by atoms with van der Waals surface area (Å²) in [6.07, 6.45) is 4.56. The van der Waals surface area contributed by atoms with Crippen LogP contribution in [-0.2, 0) is 7.05 Å². The van der Waals surface area contributed by atoms with Gasteiger partial charge in [-0.1, -0.05) is 0 Å². The van der Waals surface area contributed by atoms with Gasteiger partial charge in [0, 0.05) is 13.1 Å². The molecule has 3 rings (SSSR count). The van der Waals surface area contributed by atoms with Gasteiger partial charge in [0.2, 0.25) is 0 Å². The fourth-order valence-corrected chi connectivity index (χ4v) is 3.22. The van der Waals surface area contributed by atoms with E-state index in [1.165, 1.54) is 6.33 Å². The van der Waals surface area contributed by atoms with Gasteiger partial charge in [-0.25, -0.2) is 14.6 Å². The Labute approximate surface area is 119 Å². The van der Waals surface area contributed by atoms with Crippen LogP contribution in [0.15, 0.2) is 10.9 Å². The third-order valence-corrected chi connectivity index (χ3v) is 4.14. The van der Waals surface area contributed by atoms with Crippen LogP contribution in [-0.4, -0.2) is 25.8 Å². The van der Waals surface area contributed by atoms with Crippen LogP contribution in [0.3, 0.4) is 0 Å². The first kappa shape index (κ1) is 12.4. The minimum absolute atomic E-state index is 0.0560. The van der Waals surface area contributed by atoms with E-state index in [4.69, 9.17) is 5.26 Å². The monoisotopic (exact) mass is 320 g/mol. The molecule has 98 valence electrons. The van der Waals surface area contributed by atoms with Crippen molar-refractivity contribution in [2.45, 2.75) is 25.3 Å². The van der Waals surface area contributed by atoms with Gasteiger partial charge in [0.15, 0.2) is 5.65 Å². The number of hydrogen-bond acceptors (Lipinski definition) is 5. The Morgan fingerprint density at radius 2 is 2.32 bits per heavy atom. The number of halogens is 1. The maximum Gasteiger partial charge on any atom is 0.164 e. The van der Waals surface area contributed by atoms with Crippen molar-refractivity contribution in [2.24, 2.45) is 13.0 Å². The fraction of sp³-hybridized carbons (Fsp3) is 0.500. The average molecular weight is 321 g/mol. The largest absolute Gasteiger partial charge is 0.365 e. The minimum atomic E-state index is 0.0560. The van der Waals surface area contributed by atoms with Gasteiger partial charge >= 0.3 is 0 Å². The van der Waals surface area contributed by atoms with Crippen molar-refractivity contribution < 1.29 is 0 Å². The van der Waals surface area contributed by atoms with E-state index < -0.39 is 0 Å². The van der Waals surface area contributed by atoms with Crippen LogP contribution in [0.25, 0.3) is 11.0 Å². The highest BCUT2D eigenvalue weighted by Gasteiger charge is 2.28. The van der Waals surface area contributed by atoms with E-state index >= 15 is 0 Å². The van der Waals surface area contributed by atoms with E-state index in [0.29, 0.717) is 0 Å². The lowest BCUT2D eigenvalue weighted by atomic mass is 10.1. The summed E-state index contributed by atoms with van der Waals surface area (Å²) in [6, 6.07) is 2.53. The molecule has 0 spiro atoms. The zero-order valence-electron chi connectivity index (χ0n) is 10.5. The maximum atomic E-state index is 9.14. The van der Waals surface area contributed by atoms with Gasteiger partial charge in [0.05, 0.1) is 17.4 Å². The molecule has 0 saturated heterocycles. The number of nitriles is 1. The number of aromatic nitrogens is 4. The summed E-state index contributed by atoms with van der Waals surface area (Å²) in [6.45, 7) is 0. The van der Waals surface area contributed by atoms with Gasteiger partial charge in [0.1, 0.15) is 16.7 Å². The Kier molecular flexibility index (Phi) is 3.11. The molecule has 1 N–H and O–H groups in total.